The summed E-state index contributed by atoms with van der Waals surface area (Å²) in [4.78, 5) is 11.1. The molecule has 1 heterocycles. The van der Waals surface area contributed by atoms with Crippen LogP contribution in [0.4, 0.5) is 0 Å². The zero-order valence-electron chi connectivity index (χ0n) is 12.3. The minimum Gasteiger partial charge on any atom is -0.369 e. The molecule has 122 valence electrons. The molecule has 0 aliphatic rings. The molecule has 0 radical (unpaired) electrons. The van der Waals surface area contributed by atoms with Gasteiger partial charge in [0.1, 0.15) is 0 Å². The Morgan fingerprint density at radius 3 is 2.46 bits per heavy atom. The Bertz CT molecular complexity index is 880. The van der Waals surface area contributed by atoms with Gasteiger partial charge in [0.15, 0.2) is 11.0 Å². The first-order chi connectivity index (χ1) is 11.6. The van der Waals surface area contributed by atoms with Crippen molar-refractivity contribution in [2.24, 2.45) is 5.73 Å². The number of thioether (sulfide) groups is 1. The molecule has 24 heavy (non-hydrogen) atoms. The van der Waals surface area contributed by atoms with E-state index in [1.54, 1.807) is 18.2 Å². The maximum Gasteiger partial charge on any atom is 0.227 e. The van der Waals surface area contributed by atoms with Crippen molar-refractivity contribution in [3.8, 4) is 17.1 Å². The van der Waals surface area contributed by atoms with Crippen LogP contribution in [0.2, 0.25) is 10.0 Å². The molecule has 3 aromatic rings. The zero-order chi connectivity index (χ0) is 17.1. The first kappa shape index (κ1) is 16.8. The summed E-state index contributed by atoms with van der Waals surface area (Å²) in [5.41, 5.74) is 6.79. The summed E-state index contributed by atoms with van der Waals surface area (Å²) in [7, 11) is 0. The van der Waals surface area contributed by atoms with E-state index < -0.39 is 5.91 Å². The summed E-state index contributed by atoms with van der Waals surface area (Å²) in [5, 5.41) is 10.2. The summed E-state index contributed by atoms with van der Waals surface area (Å²) in [6.07, 6.45) is 0. The molecule has 1 amide bonds. The predicted octanol–water partition coefficient (Wildman–Crippen LogP) is 3.82. The molecule has 2 aromatic carbocycles. The van der Waals surface area contributed by atoms with Crippen molar-refractivity contribution in [2.75, 3.05) is 5.75 Å². The molecule has 0 fully saturated rings. The summed E-state index contributed by atoms with van der Waals surface area (Å²) < 4.78 is 1.82. The molecule has 2 N–H and O–H groups in total. The highest BCUT2D eigenvalue weighted by Crippen LogP contribution is 2.32. The van der Waals surface area contributed by atoms with E-state index in [1.165, 1.54) is 11.8 Å². The van der Waals surface area contributed by atoms with Gasteiger partial charge in [0, 0.05) is 16.3 Å². The molecular formula is C16H12Cl2N4OS. The van der Waals surface area contributed by atoms with Crippen LogP contribution in [0.3, 0.4) is 0 Å². The minimum absolute atomic E-state index is 0.105. The second kappa shape index (κ2) is 7.25. The largest absolute Gasteiger partial charge is 0.369 e. The zero-order valence-corrected chi connectivity index (χ0v) is 14.6. The number of amides is 1. The Morgan fingerprint density at radius 2 is 1.79 bits per heavy atom. The molecule has 0 atom stereocenters. The highest BCUT2D eigenvalue weighted by molar-refractivity contribution is 7.99. The molecule has 5 nitrogen and oxygen atoms in total. The maximum absolute atomic E-state index is 11.1. The number of aromatic nitrogens is 3. The number of benzene rings is 2. The number of primary amides is 1. The highest BCUT2D eigenvalue weighted by Gasteiger charge is 2.18. The summed E-state index contributed by atoms with van der Waals surface area (Å²) in [6, 6.07) is 14.6. The van der Waals surface area contributed by atoms with Crippen molar-refractivity contribution in [3.63, 3.8) is 0 Å². The van der Waals surface area contributed by atoms with Gasteiger partial charge in [-0.05, 0) is 36.4 Å². The molecule has 0 unspecified atom stereocenters. The highest BCUT2D eigenvalue weighted by atomic mass is 35.5. The third-order valence-electron chi connectivity index (χ3n) is 3.18. The lowest BCUT2D eigenvalue weighted by Crippen LogP contribution is -2.13. The van der Waals surface area contributed by atoms with Gasteiger partial charge in [-0.15, -0.1) is 10.2 Å². The van der Waals surface area contributed by atoms with Gasteiger partial charge in [0.2, 0.25) is 5.91 Å². The van der Waals surface area contributed by atoms with E-state index in [9.17, 15) is 4.79 Å². The van der Waals surface area contributed by atoms with Crippen LogP contribution in [0.15, 0.2) is 53.7 Å². The van der Waals surface area contributed by atoms with Gasteiger partial charge >= 0.3 is 0 Å². The Kier molecular flexibility index (Phi) is 5.08. The van der Waals surface area contributed by atoms with Crippen LogP contribution in [0.5, 0.6) is 0 Å². The van der Waals surface area contributed by atoms with Crippen LogP contribution < -0.4 is 5.73 Å². The molecule has 0 aliphatic heterocycles. The van der Waals surface area contributed by atoms with E-state index >= 15 is 0 Å². The fourth-order valence-electron chi connectivity index (χ4n) is 2.14. The van der Waals surface area contributed by atoms with Crippen molar-refractivity contribution in [2.45, 2.75) is 5.16 Å². The van der Waals surface area contributed by atoms with Gasteiger partial charge < -0.3 is 5.73 Å². The van der Waals surface area contributed by atoms with E-state index in [0.717, 1.165) is 11.3 Å². The predicted molar refractivity (Wildman–Crippen MR) is 96.7 cm³/mol. The summed E-state index contributed by atoms with van der Waals surface area (Å²) in [5.74, 6) is 0.258. The van der Waals surface area contributed by atoms with Gasteiger partial charge in [-0.2, -0.15) is 0 Å². The number of nitrogens with two attached hydrogens (primary N) is 1. The number of nitrogens with zero attached hydrogens (tertiary/aromatic N) is 3. The third kappa shape index (κ3) is 3.56. The van der Waals surface area contributed by atoms with Crippen molar-refractivity contribution < 1.29 is 4.79 Å². The quantitative estimate of drug-likeness (QED) is 0.684. The van der Waals surface area contributed by atoms with Crippen molar-refractivity contribution >= 4 is 40.9 Å². The molecular weight excluding hydrogens is 367 g/mol. The Balaban J connectivity index is 2.14. The topological polar surface area (TPSA) is 73.8 Å². The van der Waals surface area contributed by atoms with Crippen LogP contribution in [0.1, 0.15) is 0 Å². The molecule has 0 aliphatic carbocycles. The lowest BCUT2D eigenvalue weighted by atomic mass is 10.2. The van der Waals surface area contributed by atoms with Gasteiger partial charge in [-0.3, -0.25) is 9.36 Å². The van der Waals surface area contributed by atoms with Crippen LogP contribution in [0, 0.1) is 0 Å². The Morgan fingerprint density at radius 1 is 1.08 bits per heavy atom. The SMILES string of the molecule is NC(=O)CSc1nnc(-c2ccccc2Cl)n1-c1ccc(Cl)cc1. The molecule has 1 aromatic heterocycles. The number of hydrogen-bond donors (Lipinski definition) is 1. The standard InChI is InChI=1S/C16H12Cl2N4OS/c17-10-5-7-11(8-6-10)22-15(12-3-1-2-4-13(12)18)20-21-16(22)24-9-14(19)23/h1-8H,9H2,(H2,19,23). The minimum atomic E-state index is -0.426. The van der Waals surface area contributed by atoms with E-state index in [4.69, 9.17) is 28.9 Å². The second-order valence-electron chi connectivity index (χ2n) is 4.85. The van der Waals surface area contributed by atoms with Crippen LogP contribution in [-0.4, -0.2) is 26.4 Å². The maximum atomic E-state index is 11.1. The first-order valence-corrected chi connectivity index (χ1v) is 8.68. The molecule has 8 heteroatoms. The lowest BCUT2D eigenvalue weighted by molar-refractivity contribution is -0.115. The Hall–Kier alpha value is -2.02. The number of carbonyl (C=O) groups excluding carboxylic acids is 1. The average molecular weight is 379 g/mol. The monoisotopic (exact) mass is 378 g/mol. The molecule has 3 rings (SSSR count). The number of halogens is 2. The third-order valence-corrected chi connectivity index (χ3v) is 4.71. The van der Waals surface area contributed by atoms with E-state index in [0.29, 0.717) is 21.0 Å². The van der Waals surface area contributed by atoms with Crippen molar-refractivity contribution in [1.82, 2.24) is 14.8 Å². The van der Waals surface area contributed by atoms with Gasteiger partial charge in [0.05, 0.1) is 10.8 Å². The molecule has 0 saturated carbocycles. The fraction of sp³-hybridized carbons (Fsp3) is 0.0625. The summed E-state index contributed by atoms with van der Waals surface area (Å²) in [6.45, 7) is 0. The smallest absolute Gasteiger partial charge is 0.227 e. The molecule has 0 saturated heterocycles. The molecule has 0 spiro atoms. The fourth-order valence-corrected chi connectivity index (χ4v) is 3.18. The number of rotatable bonds is 5. The van der Waals surface area contributed by atoms with Crippen LogP contribution >= 0.6 is 35.0 Å². The second-order valence-corrected chi connectivity index (χ2v) is 6.64. The summed E-state index contributed by atoms with van der Waals surface area (Å²) >= 11 is 13.5. The van der Waals surface area contributed by atoms with Gasteiger partial charge in [-0.25, -0.2) is 0 Å². The van der Waals surface area contributed by atoms with Crippen LogP contribution in [-0.2, 0) is 4.79 Å². The normalized spacial score (nSPS) is 10.8. The van der Waals surface area contributed by atoms with E-state index in [2.05, 4.69) is 10.2 Å². The van der Waals surface area contributed by atoms with Crippen molar-refractivity contribution in [3.05, 3.63) is 58.6 Å². The van der Waals surface area contributed by atoms with E-state index in [-0.39, 0.29) is 5.75 Å². The van der Waals surface area contributed by atoms with Gasteiger partial charge in [-0.1, -0.05) is 47.1 Å². The first-order valence-electron chi connectivity index (χ1n) is 6.93. The number of carbonyl (C=O) groups is 1. The average Bonchev–Trinajstić information content (AvgIpc) is 2.98. The van der Waals surface area contributed by atoms with Crippen LogP contribution in [0.25, 0.3) is 17.1 Å². The van der Waals surface area contributed by atoms with Gasteiger partial charge in [0.25, 0.3) is 0 Å². The van der Waals surface area contributed by atoms with E-state index in [1.807, 2.05) is 34.9 Å². The Labute approximate surface area is 152 Å². The lowest BCUT2D eigenvalue weighted by Gasteiger charge is -2.11. The van der Waals surface area contributed by atoms with Crippen molar-refractivity contribution in [1.29, 1.82) is 0 Å². The molecule has 0 bridgehead atoms. The number of hydrogen-bond acceptors (Lipinski definition) is 4.